The molecule has 2 atom stereocenters. The number of amides is 4. The summed E-state index contributed by atoms with van der Waals surface area (Å²) < 4.78 is 31.9. The van der Waals surface area contributed by atoms with Crippen LogP contribution in [0.5, 0.6) is 0 Å². The van der Waals surface area contributed by atoms with Crippen LogP contribution in [0, 0.1) is 0 Å². The van der Waals surface area contributed by atoms with Crippen molar-refractivity contribution >= 4 is 73.5 Å². The SMILES string of the molecule is CC(=O)SCC(=O)NC(CN(C(=O)CSC(C)=O)N1C(=O)CC(S(=O)(=O)O)C1=O)C(=O)O. The smallest absolute Gasteiger partial charge is 0.328 e. The van der Waals surface area contributed by atoms with Crippen molar-refractivity contribution in [1.82, 2.24) is 15.3 Å². The van der Waals surface area contributed by atoms with Gasteiger partial charge in [0.15, 0.2) is 15.5 Å². The summed E-state index contributed by atoms with van der Waals surface area (Å²) in [7, 11) is -5.01. The average Bonchev–Trinajstić information content (AvgIpc) is 2.95. The van der Waals surface area contributed by atoms with Crippen LogP contribution in [-0.4, -0.2) is 97.3 Å². The Morgan fingerprint density at radius 3 is 2.09 bits per heavy atom. The van der Waals surface area contributed by atoms with E-state index in [0.29, 0.717) is 28.5 Å². The maximum Gasteiger partial charge on any atom is 0.328 e. The van der Waals surface area contributed by atoms with Crippen molar-refractivity contribution in [2.24, 2.45) is 0 Å². The molecule has 4 amide bonds. The molecule has 0 aromatic rings. The number of nitrogens with one attached hydrogen (secondary N) is 1. The summed E-state index contributed by atoms with van der Waals surface area (Å²) in [5, 5.41) is 8.66. The number of rotatable bonds is 10. The zero-order valence-electron chi connectivity index (χ0n) is 16.7. The lowest BCUT2D eigenvalue weighted by atomic mass is 10.3. The molecule has 1 aliphatic heterocycles. The van der Waals surface area contributed by atoms with Crippen molar-refractivity contribution in [3.05, 3.63) is 0 Å². The second-order valence-corrected chi connectivity index (χ2v) is 10.1. The van der Waals surface area contributed by atoms with Gasteiger partial charge in [-0.2, -0.15) is 13.4 Å². The lowest BCUT2D eigenvalue weighted by molar-refractivity contribution is -0.169. The first kappa shape index (κ1) is 27.5. The molecule has 1 rings (SSSR count). The number of carbonyl (C=O) groups is 7. The topological polar surface area (TPSA) is 213 Å². The van der Waals surface area contributed by atoms with Crippen LogP contribution in [0.1, 0.15) is 20.3 Å². The van der Waals surface area contributed by atoms with Gasteiger partial charge >= 0.3 is 5.97 Å². The summed E-state index contributed by atoms with van der Waals surface area (Å²) >= 11 is 1.05. The summed E-state index contributed by atoms with van der Waals surface area (Å²) in [6.45, 7) is 1.31. The van der Waals surface area contributed by atoms with E-state index in [4.69, 9.17) is 4.55 Å². The lowest BCUT2D eigenvalue weighted by Crippen LogP contribution is -2.58. The monoisotopic (exact) mass is 513 g/mol. The van der Waals surface area contributed by atoms with E-state index < -0.39 is 85.7 Å². The highest BCUT2D eigenvalue weighted by Gasteiger charge is 2.50. The molecule has 14 nitrogen and oxygen atoms in total. The van der Waals surface area contributed by atoms with Crippen molar-refractivity contribution in [2.45, 2.75) is 31.6 Å². The molecule has 17 heteroatoms. The molecule has 0 aromatic carbocycles. The van der Waals surface area contributed by atoms with Gasteiger partial charge in [-0.25, -0.2) is 9.80 Å². The Hall–Kier alpha value is -2.50. The summed E-state index contributed by atoms with van der Waals surface area (Å²) in [6.07, 6.45) is -0.999. The number of thioether (sulfide) groups is 2. The Kier molecular flexibility index (Phi) is 9.80. The standard InChI is InChI=1S/C15H19N3O11S3/c1-7(19)30-5-11(21)16-9(15(25)26)4-17(13(23)6-31-8(2)20)18-12(22)3-10(14(18)24)32(27,28)29/h9-10H,3-6H2,1-2H3,(H,16,21)(H,25,26)(H,27,28,29). The first-order valence-electron chi connectivity index (χ1n) is 8.57. The van der Waals surface area contributed by atoms with Crippen molar-refractivity contribution in [1.29, 1.82) is 0 Å². The van der Waals surface area contributed by atoms with Crippen LogP contribution >= 0.6 is 23.5 Å². The zero-order chi connectivity index (χ0) is 24.8. The van der Waals surface area contributed by atoms with E-state index in [-0.39, 0.29) is 5.01 Å². The van der Waals surface area contributed by atoms with Crippen molar-refractivity contribution in [3.63, 3.8) is 0 Å². The third-order valence-corrected chi connectivity index (χ3v) is 6.46. The minimum atomic E-state index is -5.01. The summed E-state index contributed by atoms with van der Waals surface area (Å²) in [6, 6.07) is -1.87. The van der Waals surface area contributed by atoms with Crippen molar-refractivity contribution in [3.8, 4) is 0 Å². The predicted octanol–water partition coefficient (Wildman–Crippen LogP) is -2.13. The first-order valence-corrected chi connectivity index (χ1v) is 12.0. The van der Waals surface area contributed by atoms with Crippen LogP contribution in [0.15, 0.2) is 0 Å². The van der Waals surface area contributed by atoms with Crippen molar-refractivity contribution in [2.75, 3.05) is 18.1 Å². The van der Waals surface area contributed by atoms with Crippen LogP contribution in [0.2, 0.25) is 0 Å². The first-order chi connectivity index (χ1) is 14.6. The fraction of sp³-hybridized carbons (Fsp3) is 0.533. The highest BCUT2D eigenvalue weighted by Crippen LogP contribution is 2.22. The van der Waals surface area contributed by atoms with Gasteiger partial charge in [0.2, 0.25) is 11.8 Å². The predicted molar refractivity (Wildman–Crippen MR) is 109 cm³/mol. The van der Waals surface area contributed by atoms with Gasteiger partial charge in [-0.05, 0) is 0 Å². The third-order valence-electron chi connectivity index (χ3n) is 3.76. The number of hydrogen-bond donors (Lipinski definition) is 3. The van der Waals surface area contributed by atoms with Crippen LogP contribution in [0.3, 0.4) is 0 Å². The molecule has 1 aliphatic rings. The molecule has 0 radical (unpaired) electrons. The molecule has 0 aromatic heterocycles. The molecule has 2 unspecified atom stereocenters. The Labute approximate surface area is 190 Å². The minimum Gasteiger partial charge on any atom is -0.480 e. The fourth-order valence-corrected chi connectivity index (χ4v) is 3.97. The van der Waals surface area contributed by atoms with E-state index in [1.165, 1.54) is 6.92 Å². The number of carboxylic acid groups (broad SMARTS) is 1. The number of nitrogens with zero attached hydrogens (tertiary/aromatic N) is 2. The molecular formula is C15H19N3O11S3. The van der Waals surface area contributed by atoms with E-state index in [1.54, 1.807) is 0 Å². The van der Waals surface area contributed by atoms with Gasteiger partial charge in [-0.3, -0.25) is 33.3 Å². The second-order valence-electron chi connectivity index (χ2n) is 6.25. The van der Waals surface area contributed by atoms with Crippen LogP contribution in [0.4, 0.5) is 0 Å². The van der Waals surface area contributed by atoms with Gasteiger partial charge in [-0.15, -0.1) is 0 Å². The Balaban J connectivity index is 3.21. The number of hydrazine groups is 1. The quantitative estimate of drug-likeness (QED) is 0.211. The molecular weight excluding hydrogens is 494 g/mol. The number of aliphatic carboxylic acids is 1. The van der Waals surface area contributed by atoms with Gasteiger partial charge < -0.3 is 10.4 Å². The van der Waals surface area contributed by atoms with Gasteiger partial charge in [0, 0.05) is 13.8 Å². The van der Waals surface area contributed by atoms with Crippen LogP contribution in [-0.2, 0) is 43.7 Å². The molecule has 1 fully saturated rings. The van der Waals surface area contributed by atoms with Crippen LogP contribution in [0.25, 0.3) is 0 Å². The highest BCUT2D eigenvalue weighted by molar-refractivity contribution is 8.14. The molecule has 0 bridgehead atoms. The molecule has 0 saturated carbocycles. The molecule has 0 spiro atoms. The van der Waals surface area contributed by atoms with E-state index in [0.717, 1.165) is 6.92 Å². The van der Waals surface area contributed by atoms with E-state index in [9.17, 15) is 47.1 Å². The molecule has 3 N–H and O–H groups in total. The lowest BCUT2D eigenvalue weighted by Gasteiger charge is -2.32. The molecule has 1 saturated heterocycles. The molecule has 178 valence electrons. The third kappa shape index (κ3) is 7.88. The Bertz CT molecular complexity index is 950. The summed E-state index contributed by atoms with van der Waals surface area (Å²) in [5.74, 6) is -7.49. The van der Waals surface area contributed by atoms with E-state index in [1.807, 2.05) is 5.32 Å². The number of imide groups is 1. The maximum atomic E-state index is 12.6. The van der Waals surface area contributed by atoms with E-state index in [2.05, 4.69) is 0 Å². The summed E-state index contributed by atoms with van der Waals surface area (Å²) in [4.78, 5) is 82.9. The van der Waals surface area contributed by atoms with Gasteiger partial charge in [0.05, 0.1) is 24.5 Å². The zero-order valence-corrected chi connectivity index (χ0v) is 19.1. The molecule has 1 heterocycles. The van der Waals surface area contributed by atoms with Gasteiger partial charge in [-0.1, -0.05) is 23.5 Å². The normalized spacial score (nSPS) is 17.1. The molecule has 0 aliphatic carbocycles. The maximum absolute atomic E-state index is 12.6. The Morgan fingerprint density at radius 1 is 1.12 bits per heavy atom. The van der Waals surface area contributed by atoms with Gasteiger partial charge in [0.25, 0.3) is 21.9 Å². The van der Waals surface area contributed by atoms with Crippen molar-refractivity contribution < 1.29 is 51.6 Å². The Morgan fingerprint density at radius 2 is 1.66 bits per heavy atom. The summed E-state index contributed by atoms with van der Waals surface area (Å²) in [5.41, 5.74) is 0. The highest BCUT2D eigenvalue weighted by atomic mass is 32.2. The number of carboxylic acids is 1. The number of carbonyl (C=O) groups excluding carboxylic acids is 6. The second kappa shape index (κ2) is 11.4. The minimum absolute atomic E-state index is 0.0773. The largest absolute Gasteiger partial charge is 0.480 e. The van der Waals surface area contributed by atoms with Gasteiger partial charge in [0.1, 0.15) is 6.04 Å². The van der Waals surface area contributed by atoms with E-state index >= 15 is 0 Å². The average molecular weight is 514 g/mol. The number of hydrogen-bond acceptors (Lipinski definition) is 11. The van der Waals surface area contributed by atoms with Crippen LogP contribution < -0.4 is 5.32 Å². The molecule has 32 heavy (non-hydrogen) atoms. The fourth-order valence-electron chi connectivity index (χ4n) is 2.37.